The van der Waals surface area contributed by atoms with E-state index >= 15 is 0 Å². The van der Waals surface area contributed by atoms with E-state index in [1.807, 2.05) is 27.8 Å². The lowest BCUT2D eigenvalue weighted by atomic mass is 10.0. The fourth-order valence-corrected chi connectivity index (χ4v) is 1.87. The quantitative estimate of drug-likeness (QED) is 0.728. The second-order valence-electron chi connectivity index (χ2n) is 5.55. The number of likely N-dealkylation sites (N-methyl/N-ethyl adjacent to an activating group) is 1. The minimum absolute atomic E-state index is 0.0589. The van der Waals surface area contributed by atoms with Crippen LogP contribution in [-0.2, 0) is 4.74 Å². The minimum Gasteiger partial charge on any atom is -0.444 e. The van der Waals surface area contributed by atoms with E-state index in [2.05, 4.69) is 10.2 Å². The molecule has 1 fully saturated rings. The summed E-state index contributed by atoms with van der Waals surface area (Å²) in [6, 6.07) is 0. The number of nitrogens with zero attached hydrogens (tertiary/aromatic N) is 1. The minimum atomic E-state index is -0.545. The number of amides is 1. The molecule has 1 rings (SSSR count). The molecule has 0 saturated carbocycles. The van der Waals surface area contributed by atoms with E-state index in [-0.39, 0.29) is 6.61 Å². The second-order valence-corrected chi connectivity index (χ2v) is 5.55. The number of aliphatic hydroxyl groups excluding tert-OH is 1. The summed E-state index contributed by atoms with van der Waals surface area (Å²) in [6.07, 6.45) is 0.288. The van der Waals surface area contributed by atoms with Gasteiger partial charge in [0.05, 0.1) is 12.1 Å². The average Bonchev–Trinajstić information content (AvgIpc) is 2.44. The molecule has 0 bridgehead atoms. The Balaban J connectivity index is 2.54. The Kier molecular flexibility index (Phi) is 3.80. The predicted octanol–water partition coefficient (Wildman–Crippen LogP) is 0.578. The molecule has 0 radical (unpaired) electrons. The maximum absolute atomic E-state index is 11.6. The molecule has 1 heterocycles. The lowest BCUT2D eigenvalue weighted by Crippen LogP contribution is -2.54. The van der Waals surface area contributed by atoms with Crippen molar-refractivity contribution in [1.82, 2.24) is 10.2 Å². The number of likely N-dealkylation sites (tertiary alicyclic amines) is 1. The molecule has 0 aromatic carbocycles. The van der Waals surface area contributed by atoms with Crippen molar-refractivity contribution < 1.29 is 14.6 Å². The maximum Gasteiger partial charge on any atom is 0.408 e. The fourth-order valence-electron chi connectivity index (χ4n) is 1.87. The van der Waals surface area contributed by atoms with E-state index in [1.165, 1.54) is 0 Å². The van der Waals surface area contributed by atoms with Gasteiger partial charge in [-0.15, -0.1) is 0 Å². The second kappa shape index (κ2) is 4.59. The Morgan fingerprint density at radius 1 is 1.56 bits per heavy atom. The van der Waals surface area contributed by atoms with Crippen molar-refractivity contribution in [2.45, 2.75) is 38.3 Å². The number of aliphatic hydroxyl groups is 1. The summed E-state index contributed by atoms with van der Waals surface area (Å²) in [4.78, 5) is 13.7. The highest BCUT2D eigenvalue weighted by Gasteiger charge is 2.38. The molecule has 0 spiro atoms. The average molecular weight is 230 g/mol. The summed E-state index contributed by atoms with van der Waals surface area (Å²) in [5.74, 6) is 0. The smallest absolute Gasteiger partial charge is 0.408 e. The van der Waals surface area contributed by atoms with E-state index in [1.54, 1.807) is 0 Å². The number of hydrogen-bond acceptors (Lipinski definition) is 4. The van der Waals surface area contributed by atoms with E-state index in [0.717, 1.165) is 13.0 Å². The van der Waals surface area contributed by atoms with Gasteiger partial charge in [0.25, 0.3) is 0 Å². The molecule has 94 valence electrons. The zero-order valence-corrected chi connectivity index (χ0v) is 10.5. The van der Waals surface area contributed by atoms with Gasteiger partial charge >= 0.3 is 6.09 Å². The third-order valence-corrected chi connectivity index (χ3v) is 2.61. The molecule has 1 atom stereocenters. The van der Waals surface area contributed by atoms with Gasteiger partial charge in [0, 0.05) is 13.1 Å². The Bertz CT molecular complexity index is 262. The molecule has 1 aliphatic rings. The molecule has 1 saturated heterocycles. The Labute approximate surface area is 96.8 Å². The zero-order chi connectivity index (χ0) is 12.4. The number of alkyl carbamates (subject to hydrolysis) is 1. The van der Waals surface area contributed by atoms with Crippen molar-refractivity contribution in [1.29, 1.82) is 0 Å². The first kappa shape index (κ1) is 13.3. The van der Waals surface area contributed by atoms with Crippen LogP contribution >= 0.6 is 0 Å². The van der Waals surface area contributed by atoms with Crippen molar-refractivity contribution in [3.63, 3.8) is 0 Å². The molecule has 0 aliphatic carbocycles. The molecule has 5 nitrogen and oxygen atoms in total. The van der Waals surface area contributed by atoms with Crippen LogP contribution in [0.5, 0.6) is 0 Å². The van der Waals surface area contributed by atoms with E-state index in [4.69, 9.17) is 4.74 Å². The maximum atomic E-state index is 11.6. The van der Waals surface area contributed by atoms with Crippen LogP contribution in [0.25, 0.3) is 0 Å². The third kappa shape index (κ3) is 3.64. The largest absolute Gasteiger partial charge is 0.444 e. The molecule has 16 heavy (non-hydrogen) atoms. The van der Waals surface area contributed by atoms with Crippen molar-refractivity contribution in [2.75, 3.05) is 26.7 Å². The van der Waals surface area contributed by atoms with Crippen molar-refractivity contribution >= 4 is 6.09 Å². The van der Waals surface area contributed by atoms with Crippen molar-refractivity contribution in [3.8, 4) is 0 Å². The number of carbonyl (C=O) groups excluding carboxylic acids is 1. The number of carbonyl (C=O) groups is 1. The van der Waals surface area contributed by atoms with Gasteiger partial charge in [0.1, 0.15) is 5.60 Å². The molecular weight excluding hydrogens is 208 g/mol. The van der Waals surface area contributed by atoms with Crippen molar-refractivity contribution in [2.24, 2.45) is 0 Å². The molecular formula is C11H22N2O3. The molecule has 0 aromatic rings. The predicted molar refractivity (Wildman–Crippen MR) is 61.3 cm³/mol. The Morgan fingerprint density at radius 2 is 2.19 bits per heavy atom. The van der Waals surface area contributed by atoms with Crippen LogP contribution in [0.15, 0.2) is 0 Å². The van der Waals surface area contributed by atoms with Crippen LogP contribution in [0, 0.1) is 0 Å². The summed E-state index contributed by atoms with van der Waals surface area (Å²) >= 11 is 0. The van der Waals surface area contributed by atoms with Gasteiger partial charge < -0.3 is 20.1 Å². The molecule has 1 unspecified atom stereocenters. The molecule has 1 amide bonds. The van der Waals surface area contributed by atoms with Gasteiger partial charge in [-0.3, -0.25) is 0 Å². The monoisotopic (exact) mass is 230 g/mol. The first-order valence-corrected chi connectivity index (χ1v) is 5.57. The highest BCUT2D eigenvalue weighted by molar-refractivity contribution is 5.69. The number of hydrogen-bond donors (Lipinski definition) is 2. The SMILES string of the molecule is CN1CCC(CO)(NC(=O)OC(C)(C)C)C1. The standard InChI is InChI=1S/C11H22N2O3/c1-10(2,3)16-9(15)12-11(8-14)5-6-13(4)7-11/h14H,5-8H2,1-4H3,(H,12,15). The zero-order valence-electron chi connectivity index (χ0n) is 10.5. The summed E-state index contributed by atoms with van der Waals surface area (Å²) in [5.41, 5.74) is -1.05. The fraction of sp³-hybridized carbons (Fsp3) is 0.909. The van der Waals surface area contributed by atoms with Crippen LogP contribution in [-0.4, -0.2) is 54.0 Å². The normalized spacial score (nSPS) is 26.8. The first-order valence-electron chi connectivity index (χ1n) is 5.57. The van der Waals surface area contributed by atoms with Gasteiger partial charge in [-0.05, 0) is 34.2 Å². The number of rotatable bonds is 2. The van der Waals surface area contributed by atoms with E-state index in [0.29, 0.717) is 6.54 Å². The van der Waals surface area contributed by atoms with Crippen LogP contribution in [0.2, 0.25) is 0 Å². The third-order valence-electron chi connectivity index (χ3n) is 2.61. The molecule has 2 N–H and O–H groups in total. The number of nitrogens with one attached hydrogen (secondary N) is 1. The van der Waals surface area contributed by atoms with Crippen LogP contribution in [0.4, 0.5) is 4.79 Å². The van der Waals surface area contributed by atoms with Crippen molar-refractivity contribution in [3.05, 3.63) is 0 Å². The summed E-state index contributed by atoms with van der Waals surface area (Å²) in [5, 5.41) is 12.2. The summed E-state index contributed by atoms with van der Waals surface area (Å²) in [7, 11) is 1.97. The van der Waals surface area contributed by atoms with Gasteiger partial charge in [-0.25, -0.2) is 4.79 Å². The first-order chi connectivity index (χ1) is 7.26. The molecule has 0 aromatic heterocycles. The highest BCUT2D eigenvalue weighted by Crippen LogP contribution is 2.20. The number of ether oxygens (including phenoxy) is 1. The molecule has 5 heteroatoms. The van der Waals surface area contributed by atoms with Crippen LogP contribution in [0.1, 0.15) is 27.2 Å². The Morgan fingerprint density at radius 3 is 2.56 bits per heavy atom. The topological polar surface area (TPSA) is 61.8 Å². The van der Waals surface area contributed by atoms with Crippen LogP contribution in [0.3, 0.4) is 0 Å². The molecule has 1 aliphatic heterocycles. The lowest BCUT2D eigenvalue weighted by molar-refractivity contribution is 0.0407. The highest BCUT2D eigenvalue weighted by atomic mass is 16.6. The van der Waals surface area contributed by atoms with E-state index in [9.17, 15) is 9.90 Å². The summed E-state index contributed by atoms with van der Waals surface area (Å²) < 4.78 is 5.18. The van der Waals surface area contributed by atoms with Crippen LogP contribution < -0.4 is 5.32 Å². The summed E-state index contributed by atoms with van der Waals surface area (Å²) in [6.45, 7) is 6.92. The van der Waals surface area contributed by atoms with Gasteiger partial charge in [0.2, 0.25) is 0 Å². The Hall–Kier alpha value is -0.810. The van der Waals surface area contributed by atoms with Gasteiger partial charge in [0.15, 0.2) is 0 Å². The lowest BCUT2D eigenvalue weighted by Gasteiger charge is -2.29. The van der Waals surface area contributed by atoms with Gasteiger partial charge in [-0.1, -0.05) is 0 Å². The van der Waals surface area contributed by atoms with Gasteiger partial charge in [-0.2, -0.15) is 0 Å². The van der Waals surface area contributed by atoms with E-state index < -0.39 is 17.2 Å².